The van der Waals surface area contributed by atoms with E-state index in [1.165, 1.54) is 6.08 Å². The van der Waals surface area contributed by atoms with Crippen LogP contribution < -0.4 is 9.47 Å². The molecule has 2 aliphatic carbocycles. The predicted molar refractivity (Wildman–Crippen MR) is 109 cm³/mol. The van der Waals surface area contributed by atoms with Crippen LogP contribution >= 0.6 is 0 Å². The maximum atomic E-state index is 12.4. The van der Waals surface area contributed by atoms with E-state index in [-0.39, 0.29) is 0 Å². The molecule has 144 valence electrons. The van der Waals surface area contributed by atoms with Crippen molar-refractivity contribution in [1.82, 2.24) is 0 Å². The van der Waals surface area contributed by atoms with Gasteiger partial charge in [0.2, 0.25) is 0 Å². The SMILES string of the molecule is C=CC(=O)Oc1c2c(c(OC(=O)C(=C)C)c3cc(CC)ccc13)C1CCC2C1. The van der Waals surface area contributed by atoms with E-state index in [4.69, 9.17) is 9.47 Å². The van der Waals surface area contributed by atoms with E-state index in [2.05, 4.69) is 20.1 Å². The Morgan fingerprint density at radius 3 is 2.32 bits per heavy atom. The summed E-state index contributed by atoms with van der Waals surface area (Å²) in [4.78, 5) is 24.5. The van der Waals surface area contributed by atoms with Crippen molar-refractivity contribution in [1.29, 1.82) is 0 Å². The quantitative estimate of drug-likeness (QED) is 0.401. The van der Waals surface area contributed by atoms with Crippen molar-refractivity contribution < 1.29 is 19.1 Å². The zero-order chi connectivity index (χ0) is 20.0. The molecule has 0 radical (unpaired) electrons. The Morgan fingerprint density at radius 1 is 1.11 bits per heavy atom. The average Bonchev–Trinajstić information content (AvgIpc) is 3.31. The molecule has 2 aromatic carbocycles. The molecule has 2 aromatic rings. The number of esters is 2. The topological polar surface area (TPSA) is 52.6 Å². The number of fused-ring (bicyclic) bond motifs is 6. The summed E-state index contributed by atoms with van der Waals surface area (Å²) in [5, 5.41) is 1.61. The highest BCUT2D eigenvalue weighted by Crippen LogP contribution is 2.61. The van der Waals surface area contributed by atoms with Gasteiger partial charge in [-0.25, -0.2) is 9.59 Å². The summed E-state index contributed by atoms with van der Waals surface area (Å²) in [6.07, 6.45) is 5.16. The van der Waals surface area contributed by atoms with Gasteiger partial charge in [0.05, 0.1) is 0 Å². The second kappa shape index (κ2) is 6.93. The van der Waals surface area contributed by atoms with Crippen molar-refractivity contribution in [2.45, 2.75) is 51.4 Å². The van der Waals surface area contributed by atoms with Crippen molar-refractivity contribution >= 4 is 22.7 Å². The van der Waals surface area contributed by atoms with E-state index in [0.717, 1.165) is 53.1 Å². The highest BCUT2D eigenvalue weighted by Gasteiger charge is 2.43. The molecule has 4 nitrogen and oxygen atoms in total. The molecule has 0 N–H and O–H groups in total. The van der Waals surface area contributed by atoms with E-state index in [1.54, 1.807) is 6.92 Å². The molecule has 0 aliphatic heterocycles. The van der Waals surface area contributed by atoms with E-state index in [1.807, 2.05) is 18.2 Å². The molecule has 2 unspecified atom stereocenters. The Balaban J connectivity index is 2.04. The highest BCUT2D eigenvalue weighted by atomic mass is 16.5. The molecule has 0 heterocycles. The second-order valence-corrected chi connectivity index (χ2v) is 7.72. The van der Waals surface area contributed by atoms with Crippen molar-refractivity contribution in [3.8, 4) is 11.5 Å². The molecular formula is C24H24O4. The van der Waals surface area contributed by atoms with Crippen LogP contribution in [0.1, 0.15) is 61.6 Å². The fraction of sp³-hybridized carbons (Fsp3) is 0.333. The molecule has 28 heavy (non-hydrogen) atoms. The van der Waals surface area contributed by atoms with Crippen molar-refractivity contribution in [3.05, 3.63) is 59.7 Å². The lowest BCUT2D eigenvalue weighted by molar-refractivity contribution is -0.130. The Hall–Kier alpha value is -2.88. The monoisotopic (exact) mass is 376 g/mol. The first-order valence-electron chi connectivity index (χ1n) is 9.78. The van der Waals surface area contributed by atoms with E-state index >= 15 is 0 Å². The number of rotatable bonds is 5. The van der Waals surface area contributed by atoms with E-state index < -0.39 is 11.9 Å². The van der Waals surface area contributed by atoms with Gasteiger partial charge in [0.15, 0.2) is 0 Å². The zero-order valence-electron chi connectivity index (χ0n) is 16.3. The second-order valence-electron chi connectivity index (χ2n) is 7.72. The Labute approximate surface area is 164 Å². The number of carbonyl (C=O) groups is 2. The van der Waals surface area contributed by atoms with Gasteiger partial charge in [0.1, 0.15) is 11.5 Å². The molecule has 0 amide bonds. The Kier molecular flexibility index (Phi) is 4.58. The van der Waals surface area contributed by atoms with Crippen LogP contribution in [0, 0.1) is 0 Å². The van der Waals surface area contributed by atoms with Crippen LogP contribution in [0.15, 0.2) is 43.0 Å². The van der Waals surface area contributed by atoms with Crippen LogP contribution in [0.25, 0.3) is 10.8 Å². The van der Waals surface area contributed by atoms with Crippen LogP contribution in [0.3, 0.4) is 0 Å². The van der Waals surface area contributed by atoms with Gasteiger partial charge in [-0.3, -0.25) is 0 Å². The normalized spacial score (nSPS) is 19.4. The van der Waals surface area contributed by atoms with Crippen LogP contribution in [0.4, 0.5) is 0 Å². The smallest absolute Gasteiger partial charge is 0.338 e. The molecule has 2 atom stereocenters. The zero-order valence-corrected chi connectivity index (χ0v) is 16.3. The lowest BCUT2D eigenvalue weighted by atomic mass is 9.86. The Bertz CT molecular complexity index is 1030. The fourth-order valence-corrected chi connectivity index (χ4v) is 4.59. The lowest BCUT2D eigenvalue weighted by Gasteiger charge is -2.24. The van der Waals surface area contributed by atoms with Gasteiger partial charge in [0.25, 0.3) is 0 Å². The first-order chi connectivity index (χ1) is 13.4. The third-order valence-corrected chi connectivity index (χ3v) is 5.92. The van der Waals surface area contributed by atoms with E-state index in [9.17, 15) is 9.59 Å². The number of ether oxygens (including phenoxy) is 2. The van der Waals surface area contributed by atoms with E-state index in [0.29, 0.717) is 28.9 Å². The van der Waals surface area contributed by atoms with Gasteiger partial charge in [0, 0.05) is 33.5 Å². The number of carbonyl (C=O) groups excluding carboxylic acids is 2. The van der Waals surface area contributed by atoms with Gasteiger partial charge in [-0.1, -0.05) is 32.2 Å². The Morgan fingerprint density at radius 2 is 1.75 bits per heavy atom. The van der Waals surface area contributed by atoms with Gasteiger partial charge in [-0.05, 0) is 56.1 Å². The third-order valence-electron chi connectivity index (χ3n) is 5.92. The highest BCUT2D eigenvalue weighted by molar-refractivity contribution is 6.02. The summed E-state index contributed by atoms with van der Waals surface area (Å²) in [7, 11) is 0. The van der Waals surface area contributed by atoms with Crippen LogP contribution in [0.2, 0.25) is 0 Å². The van der Waals surface area contributed by atoms with Crippen LogP contribution in [0.5, 0.6) is 11.5 Å². The summed E-state index contributed by atoms with van der Waals surface area (Å²) in [5.41, 5.74) is 3.54. The lowest BCUT2D eigenvalue weighted by Crippen LogP contribution is -2.14. The fourth-order valence-electron chi connectivity index (χ4n) is 4.59. The van der Waals surface area contributed by atoms with Gasteiger partial charge in [-0.2, -0.15) is 0 Å². The summed E-state index contributed by atoms with van der Waals surface area (Å²) in [6.45, 7) is 11.0. The van der Waals surface area contributed by atoms with Crippen molar-refractivity contribution in [2.75, 3.05) is 0 Å². The predicted octanol–water partition coefficient (Wildman–Crippen LogP) is 5.34. The van der Waals surface area contributed by atoms with Gasteiger partial charge >= 0.3 is 11.9 Å². The largest absolute Gasteiger partial charge is 0.422 e. The molecular weight excluding hydrogens is 352 g/mol. The number of benzene rings is 2. The standard InChI is InChI=1S/C24H24O4/c1-5-14-7-10-17-18(11-14)23(28-24(26)13(3)4)21-16-9-8-15(12-16)20(21)22(17)27-19(25)6-2/h6-7,10-11,15-16H,2-3,5,8-9,12H2,1,4H3. The molecule has 2 bridgehead atoms. The van der Waals surface area contributed by atoms with Gasteiger partial charge < -0.3 is 9.47 Å². The minimum absolute atomic E-state index is 0.323. The number of aryl methyl sites for hydroxylation is 1. The molecule has 0 aromatic heterocycles. The maximum absolute atomic E-state index is 12.4. The molecule has 4 rings (SSSR count). The molecule has 4 heteroatoms. The summed E-state index contributed by atoms with van der Waals surface area (Å²) in [5.74, 6) is 0.953. The van der Waals surface area contributed by atoms with Crippen LogP contribution in [-0.2, 0) is 16.0 Å². The van der Waals surface area contributed by atoms with Crippen molar-refractivity contribution in [3.63, 3.8) is 0 Å². The summed E-state index contributed by atoms with van der Waals surface area (Å²) >= 11 is 0. The molecule has 1 fully saturated rings. The third kappa shape index (κ3) is 2.84. The minimum Gasteiger partial charge on any atom is -0.422 e. The number of hydrogen-bond donors (Lipinski definition) is 0. The average molecular weight is 376 g/mol. The first kappa shape index (κ1) is 18.5. The molecule has 2 aliphatic rings. The van der Waals surface area contributed by atoms with Gasteiger partial charge in [-0.15, -0.1) is 0 Å². The maximum Gasteiger partial charge on any atom is 0.338 e. The van der Waals surface area contributed by atoms with Crippen LogP contribution in [-0.4, -0.2) is 11.9 Å². The molecule has 1 saturated carbocycles. The summed E-state index contributed by atoms with van der Waals surface area (Å²) in [6, 6.07) is 6.02. The van der Waals surface area contributed by atoms with Crippen molar-refractivity contribution in [2.24, 2.45) is 0 Å². The molecule has 0 spiro atoms. The number of hydrogen-bond acceptors (Lipinski definition) is 4. The summed E-state index contributed by atoms with van der Waals surface area (Å²) < 4.78 is 11.6. The first-order valence-corrected chi connectivity index (χ1v) is 9.78. The minimum atomic E-state index is -0.475. The molecule has 0 saturated heterocycles.